The normalized spacial score (nSPS) is 19.6. The van der Waals surface area contributed by atoms with Gasteiger partial charge in [0.2, 0.25) is 11.4 Å². The Morgan fingerprint density at radius 3 is 2.33 bits per heavy atom. The summed E-state index contributed by atoms with van der Waals surface area (Å²) in [4.78, 5) is 48.2. The lowest BCUT2D eigenvalue weighted by Gasteiger charge is -2.33. The first kappa shape index (κ1) is 22.8. The van der Waals surface area contributed by atoms with Crippen molar-refractivity contribution < 1.29 is 33.5 Å². The highest BCUT2D eigenvalue weighted by molar-refractivity contribution is 6.07. The van der Waals surface area contributed by atoms with Crippen molar-refractivity contribution in [1.82, 2.24) is 0 Å². The monoisotopic (exact) mass is 417 g/mol. The van der Waals surface area contributed by atoms with Crippen LogP contribution >= 0.6 is 0 Å². The topological polar surface area (TPSA) is 122 Å². The van der Waals surface area contributed by atoms with Gasteiger partial charge in [-0.1, -0.05) is 13.8 Å². The van der Waals surface area contributed by atoms with Crippen molar-refractivity contribution in [3.05, 3.63) is 63.1 Å². The number of hydrogen-bond donors (Lipinski definition) is 0. The first-order valence-electron chi connectivity index (χ1n) is 9.26. The molecule has 2 atom stereocenters. The smallest absolute Gasteiger partial charge is 0.343 e. The van der Waals surface area contributed by atoms with Gasteiger partial charge in [-0.2, -0.15) is 0 Å². The number of carbonyl (C=O) groups excluding carboxylic acids is 3. The molecule has 0 spiro atoms. The molecule has 0 amide bonds. The molecule has 1 aliphatic rings. The third-order valence-electron chi connectivity index (χ3n) is 4.93. The molecule has 1 aromatic carbocycles. The molecule has 2 rings (SSSR count). The number of Topliss-reactive ketones (excluding diaryl/α,β-unsaturated/α-hetero) is 1. The molecular formula is C21H23NO8. The van der Waals surface area contributed by atoms with Crippen molar-refractivity contribution in [2.24, 2.45) is 5.92 Å². The number of ether oxygens (including phenoxy) is 3. The highest BCUT2D eigenvalue weighted by Crippen LogP contribution is 2.35. The van der Waals surface area contributed by atoms with Crippen molar-refractivity contribution in [3.63, 3.8) is 0 Å². The number of benzene rings is 1. The van der Waals surface area contributed by atoms with Gasteiger partial charge in [0, 0.05) is 23.8 Å². The summed E-state index contributed by atoms with van der Waals surface area (Å²) in [6.07, 6.45) is 1.83. The lowest BCUT2D eigenvalue weighted by Crippen LogP contribution is -2.47. The van der Waals surface area contributed by atoms with Crippen LogP contribution in [0, 0.1) is 16.0 Å². The molecule has 0 bridgehead atoms. The molecule has 0 unspecified atom stereocenters. The first-order chi connectivity index (χ1) is 14.0. The van der Waals surface area contributed by atoms with Gasteiger partial charge < -0.3 is 14.2 Å². The number of nitro groups is 1. The van der Waals surface area contributed by atoms with E-state index >= 15 is 0 Å². The van der Waals surface area contributed by atoms with Gasteiger partial charge in [0.25, 0.3) is 5.69 Å². The molecule has 9 nitrogen and oxygen atoms in total. The van der Waals surface area contributed by atoms with E-state index in [1.165, 1.54) is 39.2 Å². The molecule has 0 heterocycles. The Labute approximate surface area is 173 Å². The van der Waals surface area contributed by atoms with E-state index < -0.39 is 34.2 Å². The van der Waals surface area contributed by atoms with Gasteiger partial charge in [0.05, 0.1) is 23.5 Å². The molecule has 1 aliphatic carbocycles. The van der Waals surface area contributed by atoms with E-state index in [1.807, 2.05) is 0 Å². The summed E-state index contributed by atoms with van der Waals surface area (Å²) in [6, 6.07) is 4.77. The summed E-state index contributed by atoms with van der Waals surface area (Å²) in [6.45, 7) is 6.33. The SMILES string of the molecule is CC[C@H](C)C(=O)O[C@@]1(C)C(=O)C(C)=C(OC)C=C1OC(=O)c1ccc([N+](=O)[O-])cc1. The number of hydrogen-bond acceptors (Lipinski definition) is 8. The second-order valence-electron chi connectivity index (χ2n) is 6.99. The first-order valence-corrected chi connectivity index (χ1v) is 9.26. The van der Waals surface area contributed by atoms with Crippen molar-refractivity contribution in [1.29, 1.82) is 0 Å². The van der Waals surface area contributed by atoms with Crippen LogP contribution in [0.2, 0.25) is 0 Å². The van der Waals surface area contributed by atoms with Crippen LogP contribution in [-0.2, 0) is 23.8 Å². The lowest BCUT2D eigenvalue weighted by molar-refractivity contribution is -0.384. The molecule has 1 aromatic rings. The standard InChI is InChI=1S/C21H23NO8/c1-6-12(2)19(24)30-21(4)17(11-16(28-5)13(3)18(21)23)29-20(25)14-7-9-15(10-8-14)22(26)27/h7-12H,6H2,1-5H3/t12-,21+/m0/s1. The van der Waals surface area contributed by atoms with Gasteiger partial charge in [-0.25, -0.2) is 4.79 Å². The zero-order valence-electron chi connectivity index (χ0n) is 17.4. The number of carbonyl (C=O) groups is 3. The fourth-order valence-electron chi connectivity index (χ4n) is 2.73. The Hall–Kier alpha value is -3.49. The molecule has 0 radical (unpaired) electrons. The Morgan fingerprint density at radius 2 is 1.83 bits per heavy atom. The second-order valence-corrected chi connectivity index (χ2v) is 6.99. The minimum Gasteiger partial charge on any atom is -0.496 e. The van der Waals surface area contributed by atoms with E-state index in [2.05, 4.69) is 0 Å². The van der Waals surface area contributed by atoms with Gasteiger partial charge >= 0.3 is 11.9 Å². The number of non-ortho nitro benzene ring substituents is 1. The van der Waals surface area contributed by atoms with Crippen molar-refractivity contribution >= 4 is 23.4 Å². The zero-order valence-corrected chi connectivity index (χ0v) is 17.4. The molecule has 0 fully saturated rings. The second kappa shape index (κ2) is 8.89. The number of ketones is 1. The average molecular weight is 417 g/mol. The van der Waals surface area contributed by atoms with Crippen LogP contribution in [0.15, 0.2) is 47.4 Å². The third-order valence-corrected chi connectivity index (χ3v) is 4.93. The van der Waals surface area contributed by atoms with E-state index in [9.17, 15) is 24.5 Å². The van der Waals surface area contributed by atoms with E-state index in [-0.39, 0.29) is 28.3 Å². The lowest BCUT2D eigenvalue weighted by atomic mass is 9.87. The van der Waals surface area contributed by atoms with Crippen LogP contribution in [0.1, 0.15) is 44.5 Å². The zero-order chi connectivity index (χ0) is 22.6. The molecule has 160 valence electrons. The average Bonchev–Trinajstić information content (AvgIpc) is 2.73. The third kappa shape index (κ3) is 4.40. The van der Waals surface area contributed by atoms with E-state index in [0.29, 0.717) is 6.42 Å². The number of methoxy groups -OCH3 is 1. The molecule has 30 heavy (non-hydrogen) atoms. The largest absolute Gasteiger partial charge is 0.496 e. The van der Waals surface area contributed by atoms with Gasteiger partial charge in [-0.3, -0.25) is 19.7 Å². The van der Waals surface area contributed by atoms with Gasteiger partial charge in [0.1, 0.15) is 5.76 Å². The summed E-state index contributed by atoms with van der Waals surface area (Å²) < 4.78 is 16.1. The molecule has 0 N–H and O–H groups in total. The maximum Gasteiger partial charge on any atom is 0.343 e. The molecular weight excluding hydrogens is 394 g/mol. The van der Waals surface area contributed by atoms with Crippen molar-refractivity contribution in [2.45, 2.75) is 39.7 Å². The maximum atomic E-state index is 13.0. The highest BCUT2D eigenvalue weighted by Gasteiger charge is 2.48. The maximum absolute atomic E-state index is 13.0. The van der Waals surface area contributed by atoms with Crippen LogP contribution in [0.4, 0.5) is 5.69 Å². The van der Waals surface area contributed by atoms with Gasteiger partial charge in [0.15, 0.2) is 5.76 Å². The Bertz CT molecular complexity index is 944. The van der Waals surface area contributed by atoms with Crippen LogP contribution in [0.25, 0.3) is 0 Å². The fourth-order valence-corrected chi connectivity index (χ4v) is 2.73. The Balaban J connectivity index is 2.40. The van der Waals surface area contributed by atoms with E-state index in [0.717, 1.165) is 12.1 Å². The summed E-state index contributed by atoms with van der Waals surface area (Å²) >= 11 is 0. The van der Waals surface area contributed by atoms with Crippen molar-refractivity contribution in [3.8, 4) is 0 Å². The van der Waals surface area contributed by atoms with Gasteiger partial charge in [-0.05, 0) is 32.4 Å². The molecule has 0 saturated heterocycles. The van der Waals surface area contributed by atoms with Crippen LogP contribution in [-0.4, -0.2) is 35.4 Å². The molecule has 0 saturated carbocycles. The summed E-state index contributed by atoms with van der Waals surface area (Å²) in [5.74, 6) is -2.57. The minimum absolute atomic E-state index is 0.0230. The quantitative estimate of drug-likeness (QED) is 0.375. The van der Waals surface area contributed by atoms with Crippen LogP contribution < -0.4 is 0 Å². The molecule has 0 aliphatic heterocycles. The number of esters is 2. The van der Waals surface area contributed by atoms with Gasteiger partial charge in [-0.15, -0.1) is 0 Å². The highest BCUT2D eigenvalue weighted by atomic mass is 16.6. The van der Waals surface area contributed by atoms with E-state index in [1.54, 1.807) is 13.8 Å². The number of nitrogens with zero attached hydrogens (tertiary/aromatic N) is 1. The Kier molecular flexibility index (Phi) is 6.76. The van der Waals surface area contributed by atoms with Crippen LogP contribution in [0.5, 0.6) is 0 Å². The number of allylic oxidation sites excluding steroid dienone is 1. The predicted octanol–water partition coefficient (Wildman–Crippen LogP) is 3.49. The van der Waals surface area contributed by atoms with Crippen LogP contribution in [0.3, 0.4) is 0 Å². The van der Waals surface area contributed by atoms with E-state index in [4.69, 9.17) is 14.2 Å². The number of nitro benzene ring substituents is 1. The number of rotatable bonds is 7. The predicted molar refractivity (Wildman–Crippen MR) is 105 cm³/mol. The molecule has 0 aromatic heterocycles. The summed E-state index contributed by atoms with van der Waals surface area (Å²) in [5.41, 5.74) is -1.81. The Morgan fingerprint density at radius 1 is 1.23 bits per heavy atom. The molecule has 9 heteroatoms. The van der Waals surface area contributed by atoms with Crippen molar-refractivity contribution in [2.75, 3.05) is 7.11 Å². The minimum atomic E-state index is -1.86. The summed E-state index contributed by atoms with van der Waals surface area (Å²) in [7, 11) is 1.35. The fraction of sp³-hybridized carbons (Fsp3) is 0.381. The summed E-state index contributed by atoms with van der Waals surface area (Å²) in [5, 5.41) is 10.8.